The predicted octanol–water partition coefficient (Wildman–Crippen LogP) is 3.35. The number of likely N-dealkylation sites (N-methyl/N-ethyl adjacent to an activating group) is 1. The van der Waals surface area contributed by atoms with Gasteiger partial charge in [0.1, 0.15) is 11.9 Å². The number of benzene rings is 2. The molecule has 1 aliphatic rings. The molecule has 2 aromatic carbocycles. The van der Waals surface area contributed by atoms with E-state index in [9.17, 15) is 18.0 Å². The van der Waals surface area contributed by atoms with E-state index in [1.54, 1.807) is 37.2 Å². The Balaban J connectivity index is 1.81. The van der Waals surface area contributed by atoms with Gasteiger partial charge < -0.3 is 15.0 Å². The number of amides is 1. The second kappa shape index (κ2) is 7.60. The van der Waals surface area contributed by atoms with Gasteiger partial charge >= 0.3 is 6.18 Å². The van der Waals surface area contributed by atoms with Crippen LogP contribution in [0, 0.1) is 0 Å². The fraction of sp³-hybridized carbons (Fsp3) is 0.350. The highest BCUT2D eigenvalue weighted by atomic mass is 19.4. The molecule has 1 amide bonds. The fourth-order valence-corrected chi connectivity index (χ4v) is 3.20. The van der Waals surface area contributed by atoms with Gasteiger partial charge in [-0.2, -0.15) is 13.2 Å². The van der Waals surface area contributed by atoms with E-state index < -0.39 is 11.7 Å². The van der Waals surface area contributed by atoms with Crippen molar-refractivity contribution in [1.82, 2.24) is 10.2 Å². The maximum Gasteiger partial charge on any atom is 0.417 e. The largest absolute Gasteiger partial charge is 0.487 e. The van der Waals surface area contributed by atoms with Crippen LogP contribution >= 0.6 is 0 Å². The van der Waals surface area contributed by atoms with Crippen LogP contribution in [0.25, 0.3) is 11.1 Å². The SMILES string of the molecule is CN(C)CC(=O)NC[C@H]1Cc2cccc(-c3ccccc3C(F)(F)F)c2O1. The summed E-state index contributed by atoms with van der Waals surface area (Å²) in [4.78, 5) is 13.5. The van der Waals surface area contributed by atoms with Crippen LogP contribution in [0.1, 0.15) is 11.1 Å². The van der Waals surface area contributed by atoms with Gasteiger partial charge in [0, 0.05) is 12.0 Å². The number of carbonyl (C=O) groups is 1. The number of carbonyl (C=O) groups excluding carboxylic acids is 1. The van der Waals surface area contributed by atoms with Gasteiger partial charge in [0.15, 0.2) is 0 Å². The quantitative estimate of drug-likeness (QED) is 0.868. The number of alkyl halides is 3. The van der Waals surface area contributed by atoms with Crippen molar-refractivity contribution in [3.63, 3.8) is 0 Å². The molecule has 0 spiro atoms. The van der Waals surface area contributed by atoms with Crippen molar-refractivity contribution in [3.8, 4) is 16.9 Å². The summed E-state index contributed by atoms with van der Waals surface area (Å²) in [6.45, 7) is 0.575. The fourth-order valence-electron chi connectivity index (χ4n) is 3.20. The van der Waals surface area contributed by atoms with Crippen LogP contribution in [0.3, 0.4) is 0 Å². The Morgan fingerprint density at radius 1 is 1.15 bits per heavy atom. The molecule has 3 rings (SSSR count). The minimum Gasteiger partial charge on any atom is -0.487 e. The number of halogens is 3. The molecule has 0 unspecified atom stereocenters. The Labute approximate surface area is 155 Å². The molecule has 7 heteroatoms. The molecule has 0 saturated heterocycles. The van der Waals surface area contributed by atoms with E-state index in [1.165, 1.54) is 12.1 Å². The van der Waals surface area contributed by atoms with Gasteiger partial charge in [0.05, 0.1) is 18.7 Å². The first-order valence-electron chi connectivity index (χ1n) is 8.62. The third-order valence-corrected chi connectivity index (χ3v) is 4.34. The number of para-hydroxylation sites is 1. The number of nitrogens with zero attached hydrogens (tertiary/aromatic N) is 1. The summed E-state index contributed by atoms with van der Waals surface area (Å²) < 4.78 is 46.1. The maximum absolute atomic E-state index is 13.4. The van der Waals surface area contributed by atoms with Crippen molar-refractivity contribution in [3.05, 3.63) is 53.6 Å². The average Bonchev–Trinajstić information content (AvgIpc) is 3.01. The highest BCUT2D eigenvalue weighted by molar-refractivity contribution is 5.78. The smallest absolute Gasteiger partial charge is 0.417 e. The monoisotopic (exact) mass is 378 g/mol. The Morgan fingerprint density at radius 3 is 2.56 bits per heavy atom. The third-order valence-electron chi connectivity index (χ3n) is 4.34. The summed E-state index contributed by atoms with van der Waals surface area (Å²) in [6, 6.07) is 10.7. The van der Waals surface area contributed by atoms with E-state index in [0.717, 1.165) is 11.6 Å². The van der Waals surface area contributed by atoms with Crippen molar-refractivity contribution in [2.24, 2.45) is 0 Å². The van der Waals surface area contributed by atoms with Crippen molar-refractivity contribution in [2.75, 3.05) is 27.2 Å². The highest BCUT2D eigenvalue weighted by Crippen LogP contribution is 2.43. The minimum absolute atomic E-state index is 0.0964. The third kappa shape index (κ3) is 4.42. The topological polar surface area (TPSA) is 41.6 Å². The highest BCUT2D eigenvalue weighted by Gasteiger charge is 2.35. The molecule has 0 aromatic heterocycles. The standard InChI is InChI=1S/C20H21F3N2O2/c1-25(2)12-18(26)24-11-14-10-13-6-5-8-16(19(13)27-14)15-7-3-4-9-17(15)20(21,22)23/h3-9,14H,10-12H2,1-2H3,(H,24,26)/t14-/m1/s1. The molecule has 0 fully saturated rings. The second-order valence-electron chi connectivity index (χ2n) is 6.82. The van der Waals surface area contributed by atoms with E-state index in [1.807, 2.05) is 6.07 Å². The summed E-state index contributed by atoms with van der Waals surface area (Å²) in [7, 11) is 3.59. The van der Waals surface area contributed by atoms with Gasteiger partial charge in [0.2, 0.25) is 5.91 Å². The van der Waals surface area contributed by atoms with Crippen LogP contribution in [0.15, 0.2) is 42.5 Å². The van der Waals surface area contributed by atoms with Crippen molar-refractivity contribution >= 4 is 5.91 Å². The summed E-state index contributed by atoms with van der Waals surface area (Å²) >= 11 is 0. The van der Waals surface area contributed by atoms with Gasteiger partial charge in [-0.3, -0.25) is 4.79 Å². The second-order valence-corrected chi connectivity index (χ2v) is 6.82. The molecular formula is C20H21F3N2O2. The molecule has 27 heavy (non-hydrogen) atoms. The molecule has 0 aliphatic carbocycles. The molecular weight excluding hydrogens is 357 g/mol. The zero-order valence-corrected chi connectivity index (χ0v) is 15.1. The van der Waals surface area contributed by atoms with Gasteiger partial charge in [-0.05, 0) is 31.3 Å². The lowest BCUT2D eigenvalue weighted by Crippen LogP contribution is -2.39. The zero-order valence-electron chi connectivity index (χ0n) is 15.1. The number of ether oxygens (including phenoxy) is 1. The number of nitrogens with one attached hydrogen (secondary N) is 1. The van der Waals surface area contributed by atoms with Crippen molar-refractivity contribution in [1.29, 1.82) is 0 Å². The Hall–Kier alpha value is -2.54. The molecule has 0 radical (unpaired) electrons. The summed E-state index contributed by atoms with van der Waals surface area (Å²) in [5.41, 5.74) is 0.669. The van der Waals surface area contributed by atoms with Crippen LogP contribution in [0.2, 0.25) is 0 Å². The first-order valence-corrected chi connectivity index (χ1v) is 8.62. The number of hydrogen-bond acceptors (Lipinski definition) is 3. The van der Waals surface area contributed by atoms with Crippen LogP contribution < -0.4 is 10.1 Å². The summed E-state index contributed by atoms with van der Waals surface area (Å²) in [6.07, 6.45) is -4.21. The molecule has 144 valence electrons. The van der Waals surface area contributed by atoms with Crippen LogP contribution in [0.4, 0.5) is 13.2 Å². The van der Waals surface area contributed by atoms with Crippen LogP contribution in [0.5, 0.6) is 5.75 Å². The van der Waals surface area contributed by atoms with E-state index in [0.29, 0.717) is 24.3 Å². The lowest BCUT2D eigenvalue weighted by Gasteiger charge is -2.17. The molecule has 4 nitrogen and oxygen atoms in total. The van der Waals surface area contributed by atoms with E-state index >= 15 is 0 Å². The van der Waals surface area contributed by atoms with Crippen LogP contribution in [-0.2, 0) is 17.4 Å². The Bertz CT molecular complexity index is 834. The Kier molecular flexibility index (Phi) is 5.41. The van der Waals surface area contributed by atoms with Gasteiger partial charge in [-0.25, -0.2) is 0 Å². The summed E-state index contributed by atoms with van der Waals surface area (Å²) in [5, 5.41) is 2.80. The zero-order chi connectivity index (χ0) is 19.6. The minimum atomic E-state index is -4.45. The molecule has 1 atom stereocenters. The lowest BCUT2D eigenvalue weighted by atomic mass is 9.96. The molecule has 1 N–H and O–H groups in total. The first-order chi connectivity index (χ1) is 12.8. The normalized spacial score (nSPS) is 16.1. The van der Waals surface area contributed by atoms with Gasteiger partial charge in [-0.15, -0.1) is 0 Å². The van der Waals surface area contributed by atoms with Crippen molar-refractivity contribution < 1.29 is 22.7 Å². The van der Waals surface area contributed by atoms with Gasteiger partial charge in [-0.1, -0.05) is 36.4 Å². The van der Waals surface area contributed by atoms with Gasteiger partial charge in [0.25, 0.3) is 0 Å². The number of hydrogen-bond donors (Lipinski definition) is 1. The van der Waals surface area contributed by atoms with Crippen LogP contribution in [-0.4, -0.2) is 44.1 Å². The van der Waals surface area contributed by atoms with Crippen molar-refractivity contribution in [2.45, 2.75) is 18.7 Å². The molecule has 0 saturated carbocycles. The molecule has 1 heterocycles. The molecule has 1 aliphatic heterocycles. The van der Waals surface area contributed by atoms with E-state index in [-0.39, 0.29) is 24.1 Å². The predicted molar refractivity (Wildman–Crippen MR) is 96.6 cm³/mol. The van der Waals surface area contributed by atoms with E-state index in [2.05, 4.69) is 5.32 Å². The Morgan fingerprint density at radius 2 is 1.85 bits per heavy atom. The molecule has 2 aromatic rings. The number of fused-ring (bicyclic) bond motifs is 1. The number of rotatable bonds is 5. The van der Waals surface area contributed by atoms with E-state index in [4.69, 9.17) is 4.74 Å². The molecule has 0 bridgehead atoms. The maximum atomic E-state index is 13.4. The lowest BCUT2D eigenvalue weighted by molar-refractivity contribution is -0.137. The summed E-state index contributed by atoms with van der Waals surface area (Å²) in [5.74, 6) is 0.336. The first kappa shape index (κ1) is 19.2. The average molecular weight is 378 g/mol.